The SMILES string of the molecule is COc1ccc(C)cc1NC(=O)C(OC(=O)COc1ccc(C)c(C)c1)c1ccccc1. The molecule has 0 aliphatic rings. The van der Waals surface area contributed by atoms with Gasteiger partial charge >= 0.3 is 5.97 Å². The van der Waals surface area contributed by atoms with Gasteiger partial charge in [-0.1, -0.05) is 42.5 Å². The number of hydrogen-bond donors (Lipinski definition) is 1. The zero-order chi connectivity index (χ0) is 23.1. The molecule has 1 N–H and O–H groups in total. The largest absolute Gasteiger partial charge is 0.495 e. The van der Waals surface area contributed by atoms with Crippen LogP contribution in [0, 0.1) is 20.8 Å². The van der Waals surface area contributed by atoms with E-state index in [0.29, 0.717) is 22.7 Å². The monoisotopic (exact) mass is 433 g/mol. The van der Waals surface area contributed by atoms with E-state index in [4.69, 9.17) is 14.2 Å². The predicted molar refractivity (Wildman–Crippen MR) is 123 cm³/mol. The second kappa shape index (κ2) is 10.5. The molecule has 166 valence electrons. The summed E-state index contributed by atoms with van der Waals surface area (Å²) in [5.74, 6) is -0.0570. The van der Waals surface area contributed by atoms with Crippen molar-refractivity contribution in [2.75, 3.05) is 19.0 Å². The van der Waals surface area contributed by atoms with Crippen molar-refractivity contribution in [2.24, 2.45) is 0 Å². The summed E-state index contributed by atoms with van der Waals surface area (Å²) in [6.45, 7) is 5.57. The van der Waals surface area contributed by atoms with Gasteiger partial charge in [0.15, 0.2) is 6.61 Å². The average Bonchev–Trinajstić information content (AvgIpc) is 2.79. The maximum Gasteiger partial charge on any atom is 0.345 e. The van der Waals surface area contributed by atoms with E-state index in [9.17, 15) is 9.59 Å². The molecule has 0 saturated heterocycles. The van der Waals surface area contributed by atoms with Crippen molar-refractivity contribution < 1.29 is 23.8 Å². The molecule has 0 aromatic heterocycles. The van der Waals surface area contributed by atoms with Crippen LogP contribution < -0.4 is 14.8 Å². The standard InChI is InChI=1S/C26H27NO5/c1-17-10-13-23(30-4)22(14-17)27-26(29)25(20-8-6-5-7-9-20)32-24(28)16-31-21-12-11-18(2)19(3)15-21/h5-15,25H,16H2,1-4H3,(H,27,29). The summed E-state index contributed by atoms with van der Waals surface area (Å²) in [7, 11) is 1.53. The minimum absolute atomic E-state index is 0.313. The van der Waals surface area contributed by atoms with Crippen molar-refractivity contribution in [3.63, 3.8) is 0 Å². The number of hydrogen-bond acceptors (Lipinski definition) is 5. The lowest BCUT2D eigenvalue weighted by Crippen LogP contribution is -2.28. The Labute approximate surface area is 188 Å². The van der Waals surface area contributed by atoms with Crippen molar-refractivity contribution in [2.45, 2.75) is 26.9 Å². The van der Waals surface area contributed by atoms with Crippen molar-refractivity contribution in [3.05, 3.63) is 89.0 Å². The van der Waals surface area contributed by atoms with Crippen LogP contribution in [-0.2, 0) is 14.3 Å². The first kappa shape index (κ1) is 22.9. The number of esters is 1. The van der Waals surface area contributed by atoms with E-state index in [2.05, 4.69) is 5.32 Å². The highest BCUT2D eigenvalue weighted by atomic mass is 16.6. The molecule has 0 spiro atoms. The molecule has 1 unspecified atom stereocenters. The third-order valence-electron chi connectivity index (χ3n) is 5.04. The highest BCUT2D eigenvalue weighted by Crippen LogP contribution is 2.28. The van der Waals surface area contributed by atoms with Gasteiger partial charge in [-0.25, -0.2) is 4.79 Å². The van der Waals surface area contributed by atoms with Crippen molar-refractivity contribution >= 4 is 17.6 Å². The summed E-state index contributed by atoms with van der Waals surface area (Å²) < 4.78 is 16.4. The minimum atomic E-state index is -1.14. The molecule has 0 radical (unpaired) electrons. The molecule has 0 aliphatic heterocycles. The first-order valence-electron chi connectivity index (χ1n) is 10.3. The van der Waals surface area contributed by atoms with Crippen LogP contribution in [0.2, 0.25) is 0 Å². The van der Waals surface area contributed by atoms with Gasteiger partial charge < -0.3 is 19.5 Å². The van der Waals surface area contributed by atoms with Crippen LogP contribution in [0.4, 0.5) is 5.69 Å². The summed E-state index contributed by atoms with van der Waals surface area (Å²) in [4.78, 5) is 25.6. The fourth-order valence-corrected chi connectivity index (χ4v) is 3.13. The lowest BCUT2D eigenvalue weighted by molar-refractivity contribution is -0.156. The quantitative estimate of drug-likeness (QED) is 0.510. The number of nitrogens with one attached hydrogen (secondary N) is 1. The Hall–Kier alpha value is -3.80. The molecule has 1 amide bonds. The molecular formula is C26H27NO5. The van der Waals surface area contributed by atoms with E-state index in [0.717, 1.165) is 16.7 Å². The van der Waals surface area contributed by atoms with Gasteiger partial charge in [-0.2, -0.15) is 0 Å². The minimum Gasteiger partial charge on any atom is -0.495 e. The molecule has 32 heavy (non-hydrogen) atoms. The maximum absolute atomic E-state index is 13.1. The van der Waals surface area contributed by atoms with Crippen LogP contribution in [0.25, 0.3) is 0 Å². The van der Waals surface area contributed by atoms with E-state index in [-0.39, 0.29) is 6.61 Å². The molecule has 6 nitrogen and oxygen atoms in total. The van der Waals surface area contributed by atoms with Crippen LogP contribution in [0.3, 0.4) is 0 Å². The number of amides is 1. The van der Waals surface area contributed by atoms with E-state index in [1.54, 1.807) is 42.5 Å². The second-order valence-electron chi connectivity index (χ2n) is 7.51. The van der Waals surface area contributed by atoms with Crippen LogP contribution in [0.1, 0.15) is 28.4 Å². The Bertz CT molecular complexity index is 1090. The van der Waals surface area contributed by atoms with Gasteiger partial charge in [0, 0.05) is 5.56 Å². The van der Waals surface area contributed by atoms with E-state index in [1.807, 2.05) is 45.0 Å². The highest BCUT2D eigenvalue weighted by molar-refractivity contribution is 5.97. The fraction of sp³-hybridized carbons (Fsp3) is 0.231. The summed E-state index contributed by atoms with van der Waals surface area (Å²) in [5.41, 5.74) is 4.20. The molecule has 0 aliphatic carbocycles. The van der Waals surface area contributed by atoms with E-state index < -0.39 is 18.0 Å². The van der Waals surface area contributed by atoms with Crippen molar-refractivity contribution in [1.29, 1.82) is 0 Å². The zero-order valence-corrected chi connectivity index (χ0v) is 18.7. The van der Waals surface area contributed by atoms with Crippen molar-refractivity contribution in [1.82, 2.24) is 0 Å². The molecule has 6 heteroatoms. The summed E-state index contributed by atoms with van der Waals surface area (Å²) >= 11 is 0. The summed E-state index contributed by atoms with van der Waals surface area (Å²) in [5, 5.41) is 2.81. The Morgan fingerprint density at radius 1 is 0.906 bits per heavy atom. The lowest BCUT2D eigenvalue weighted by Gasteiger charge is -2.19. The fourth-order valence-electron chi connectivity index (χ4n) is 3.13. The van der Waals surface area contributed by atoms with Crippen LogP contribution in [0.15, 0.2) is 66.7 Å². The molecule has 0 saturated carbocycles. The number of ether oxygens (including phenoxy) is 3. The Morgan fingerprint density at radius 3 is 2.34 bits per heavy atom. The Kier molecular flexibility index (Phi) is 7.49. The molecular weight excluding hydrogens is 406 g/mol. The third-order valence-corrected chi connectivity index (χ3v) is 5.04. The molecule has 3 aromatic rings. The lowest BCUT2D eigenvalue weighted by atomic mass is 10.1. The van der Waals surface area contributed by atoms with E-state index in [1.165, 1.54) is 7.11 Å². The second-order valence-corrected chi connectivity index (χ2v) is 7.51. The Balaban J connectivity index is 1.74. The van der Waals surface area contributed by atoms with Crippen molar-refractivity contribution in [3.8, 4) is 11.5 Å². The number of benzene rings is 3. The van der Waals surface area contributed by atoms with Gasteiger partial charge in [-0.15, -0.1) is 0 Å². The number of carbonyl (C=O) groups excluding carboxylic acids is 2. The van der Waals surface area contributed by atoms with Gasteiger partial charge in [-0.3, -0.25) is 4.79 Å². The van der Waals surface area contributed by atoms with E-state index >= 15 is 0 Å². The molecule has 0 bridgehead atoms. The first-order valence-corrected chi connectivity index (χ1v) is 10.3. The number of aryl methyl sites for hydroxylation is 3. The smallest absolute Gasteiger partial charge is 0.345 e. The molecule has 3 rings (SSSR count). The van der Waals surface area contributed by atoms with Crippen LogP contribution in [-0.4, -0.2) is 25.6 Å². The first-order chi connectivity index (χ1) is 15.4. The number of methoxy groups -OCH3 is 1. The summed E-state index contributed by atoms with van der Waals surface area (Å²) in [6.07, 6.45) is -1.14. The van der Waals surface area contributed by atoms with Gasteiger partial charge in [-0.05, 0) is 61.7 Å². The topological polar surface area (TPSA) is 73.9 Å². The Morgan fingerprint density at radius 2 is 1.66 bits per heavy atom. The van der Waals surface area contributed by atoms with Crippen LogP contribution in [0.5, 0.6) is 11.5 Å². The summed E-state index contributed by atoms with van der Waals surface area (Å²) in [6, 6.07) is 19.9. The zero-order valence-electron chi connectivity index (χ0n) is 18.7. The molecule has 0 heterocycles. The molecule has 1 atom stereocenters. The molecule has 0 fully saturated rings. The van der Waals surface area contributed by atoms with Gasteiger partial charge in [0.05, 0.1) is 12.8 Å². The van der Waals surface area contributed by atoms with Gasteiger partial charge in [0.25, 0.3) is 5.91 Å². The normalized spacial score (nSPS) is 11.4. The van der Waals surface area contributed by atoms with Crippen LogP contribution >= 0.6 is 0 Å². The van der Waals surface area contributed by atoms with Gasteiger partial charge in [0.2, 0.25) is 6.10 Å². The van der Waals surface area contributed by atoms with Gasteiger partial charge in [0.1, 0.15) is 11.5 Å². The molecule has 3 aromatic carbocycles. The number of rotatable bonds is 8. The number of carbonyl (C=O) groups is 2. The number of anilines is 1. The predicted octanol–water partition coefficient (Wildman–Crippen LogP) is 4.92. The maximum atomic E-state index is 13.1. The average molecular weight is 434 g/mol. The third kappa shape index (κ3) is 5.88. The highest BCUT2D eigenvalue weighted by Gasteiger charge is 2.26.